The Kier molecular flexibility index (Phi) is 41.7. The van der Waals surface area contributed by atoms with E-state index in [0.717, 1.165) is 23.6 Å². The molecule has 29 N–H and O–H groups in total. The molecule has 3 rings (SSSR count). The van der Waals surface area contributed by atoms with Crippen molar-refractivity contribution in [3.63, 3.8) is 0 Å². The summed E-state index contributed by atoms with van der Waals surface area (Å²) in [6.45, 7) is 14.2. The van der Waals surface area contributed by atoms with E-state index >= 15 is 28.8 Å². The second-order valence-electron chi connectivity index (χ2n) is 31.0. The molecule has 1 aromatic carbocycles. The van der Waals surface area contributed by atoms with E-state index in [-0.39, 0.29) is 112 Å². The smallest absolute Gasteiger partial charge is 0.329 e. The summed E-state index contributed by atoms with van der Waals surface area (Å²) in [6, 6.07) is -13.0. The van der Waals surface area contributed by atoms with E-state index in [1.807, 2.05) is 13.8 Å². The minimum Gasteiger partial charge on any atom is -0.508 e. The molecule has 1 fully saturated rings. The average molecular weight is 1670 g/mol. The van der Waals surface area contributed by atoms with Crippen LogP contribution in [0.5, 0.6) is 5.75 Å². The maximum absolute atomic E-state index is 15.4. The van der Waals surface area contributed by atoms with Crippen LogP contribution in [0, 0.1) is 53.3 Å². The topological polar surface area (TPSA) is 711 Å². The standard InChI is InChI=1S/C76H124N20O22/c1-35(2)31-37(5)59(102)40(8)64(106)89-49(33-54(78)100)67(109)87-47(17-15-28-85-75(81)82)60(103)61(104)71(113)92-56(38(6)39(7)63(80)105)68(110)94-58-42(10)118-74(116)52-19-13-14-30-96(52)73(115)51(34-55(79)101)90-65(107)46(62(117-12)43-20-24-45(98)25-21-43)26-22-44(23-27-53(77)99)95(11)72(114)50(32-36(3)4)91-66(108)48(18-16-29-86-76(83)84)88-69(111)57(41(9)97)93-70(58)112/h20-21,24-25,35-42,44,46-52,56-62,97-98,102-104H,13-19,23,27-34H2,1-12H3,(H2,77,99)(H2,78,100)(H2,79,101)(H2,80,105)(H,87,109)(H,88,111)(H,89,106)(H,90,107)(H,91,108)(H,92,113)(H,93,112)(H,94,110)(H4,81,82,85)(H4,83,84,86). The van der Waals surface area contributed by atoms with Gasteiger partial charge in [0.05, 0.1) is 43.1 Å². The molecule has 42 nitrogen and oxygen atoms in total. The molecule has 2 aliphatic heterocycles. The molecule has 2 aliphatic rings. The first kappa shape index (κ1) is 101. The summed E-state index contributed by atoms with van der Waals surface area (Å²) in [7, 11) is 2.48. The van der Waals surface area contributed by atoms with E-state index in [1.54, 1.807) is 20.8 Å². The predicted octanol–water partition coefficient (Wildman–Crippen LogP) is -6.56. The first-order chi connectivity index (χ1) is 55.1. The highest BCUT2D eigenvalue weighted by atomic mass is 16.5. The summed E-state index contributed by atoms with van der Waals surface area (Å²) in [4.78, 5) is 224. The molecule has 0 aliphatic carbocycles. The number of fused-ring (bicyclic) bond motifs is 1. The zero-order valence-corrected chi connectivity index (χ0v) is 69.0. The van der Waals surface area contributed by atoms with Crippen molar-refractivity contribution in [3.05, 3.63) is 29.8 Å². The number of cyclic esters (lactones) is 1. The lowest BCUT2D eigenvalue weighted by atomic mass is 9.87. The van der Waals surface area contributed by atoms with Gasteiger partial charge in [-0.05, 0) is 119 Å². The van der Waals surface area contributed by atoms with Gasteiger partial charge in [-0.25, -0.2) is 4.79 Å². The molecular formula is C76H124N20O22. The first-order valence-corrected chi connectivity index (χ1v) is 39.1. The normalized spacial score (nSPS) is 23.2. The van der Waals surface area contributed by atoms with E-state index < -0.39 is 235 Å². The van der Waals surface area contributed by atoms with Gasteiger partial charge in [-0.2, -0.15) is 0 Å². The summed E-state index contributed by atoms with van der Waals surface area (Å²) < 4.78 is 11.9. The number of hydrogen-bond donors (Lipinski definition) is 21. The van der Waals surface area contributed by atoms with Crippen LogP contribution in [0.25, 0.3) is 0 Å². The summed E-state index contributed by atoms with van der Waals surface area (Å²) >= 11 is 0. The number of nitrogens with two attached hydrogens (primary N) is 8. The number of likely N-dealkylation sites (N-methyl/N-ethyl adjacent to an activating group) is 1. The molecular weight excluding hydrogens is 1540 g/mol. The number of benzene rings is 1. The number of aliphatic imine (C=N–C) groups is 2. The number of primary amides is 4. The molecule has 118 heavy (non-hydrogen) atoms. The number of aromatic hydroxyl groups is 1. The van der Waals surface area contributed by atoms with Crippen molar-refractivity contribution in [3.8, 4) is 17.6 Å². The fourth-order valence-corrected chi connectivity index (χ4v) is 13.5. The van der Waals surface area contributed by atoms with Crippen molar-refractivity contribution in [2.75, 3.05) is 33.8 Å². The molecule has 0 bridgehead atoms. The van der Waals surface area contributed by atoms with Crippen LogP contribution >= 0.6 is 0 Å². The number of amides is 14. The molecule has 21 unspecified atom stereocenters. The van der Waals surface area contributed by atoms with E-state index in [1.165, 1.54) is 59.2 Å². The van der Waals surface area contributed by atoms with Crippen LogP contribution < -0.4 is 88.4 Å². The average Bonchev–Trinajstić information content (AvgIpc) is 0.825. The summed E-state index contributed by atoms with van der Waals surface area (Å²) in [5.74, 6) is -19.3. The van der Waals surface area contributed by atoms with Gasteiger partial charge in [0.25, 0.3) is 5.91 Å². The van der Waals surface area contributed by atoms with Crippen LogP contribution in [0.4, 0.5) is 0 Å². The van der Waals surface area contributed by atoms with Gasteiger partial charge < -0.3 is 133 Å². The lowest BCUT2D eigenvalue weighted by Crippen LogP contribution is -2.65. The predicted molar refractivity (Wildman–Crippen MR) is 426 cm³/mol. The number of guanidine groups is 2. The van der Waals surface area contributed by atoms with Crippen LogP contribution in [0.2, 0.25) is 0 Å². The molecule has 660 valence electrons. The number of hydrogen-bond acceptors (Lipinski definition) is 24. The van der Waals surface area contributed by atoms with E-state index in [4.69, 9.17) is 55.3 Å². The SMILES string of the molecule is COC(c1ccc(O)cc1)C1C#CC(CCC(N)=O)N(C)C(=O)C(CC(C)C)NC(=O)C(CCCN=C(N)N)NC(=O)C(C(C)O)NC(=O)C(NC(=O)C(NC(=O)C(O)C(O)C(CCCN=C(N)N)NC(=O)C(CC(N)=O)NC(=O)C(C)C(O)C(C)CC(C)C)C(C)C(C)C(N)=O)C(C)OC(=O)C2CCCCN2C(=O)C(CC(N)=O)NC1=O. The number of ether oxygens (including phenoxy) is 2. The Bertz CT molecular complexity index is 3770. The summed E-state index contributed by atoms with van der Waals surface area (Å²) in [5, 5.41) is 76.1. The highest BCUT2D eigenvalue weighted by Gasteiger charge is 2.46. The third kappa shape index (κ3) is 32.1. The zero-order chi connectivity index (χ0) is 89.4. The minimum absolute atomic E-state index is 0.0654. The number of nitrogens with one attached hydrogen (secondary N) is 8. The van der Waals surface area contributed by atoms with Crippen LogP contribution in [-0.2, 0) is 81.4 Å². The summed E-state index contributed by atoms with van der Waals surface area (Å²) in [5.41, 5.74) is 45.2. The molecule has 0 spiro atoms. The molecule has 0 saturated carbocycles. The molecule has 42 heteroatoms. The lowest BCUT2D eigenvalue weighted by Gasteiger charge is -2.37. The van der Waals surface area contributed by atoms with E-state index in [2.05, 4.69) is 64.4 Å². The van der Waals surface area contributed by atoms with Crippen molar-refractivity contribution in [1.29, 1.82) is 0 Å². The Morgan fingerprint density at radius 1 is 0.644 bits per heavy atom. The number of aliphatic hydroxyl groups is 4. The third-order valence-electron chi connectivity index (χ3n) is 20.4. The molecule has 0 aromatic heterocycles. The number of piperidine rings is 1. The Morgan fingerprint density at radius 3 is 1.80 bits per heavy atom. The van der Waals surface area contributed by atoms with Gasteiger partial charge in [0, 0.05) is 46.1 Å². The monoisotopic (exact) mass is 1670 g/mol. The molecule has 1 aromatic rings. The number of nitrogens with zero attached hydrogens (tertiary/aromatic N) is 4. The van der Waals surface area contributed by atoms with Gasteiger partial charge in [0.15, 0.2) is 18.0 Å². The van der Waals surface area contributed by atoms with E-state index in [9.17, 15) is 68.7 Å². The van der Waals surface area contributed by atoms with Gasteiger partial charge in [-0.15, -0.1) is 0 Å². The van der Waals surface area contributed by atoms with Crippen LogP contribution in [-0.4, -0.2) is 261 Å². The third-order valence-corrected chi connectivity index (χ3v) is 20.4. The first-order valence-electron chi connectivity index (χ1n) is 39.1. The number of rotatable bonds is 38. The molecule has 0 radical (unpaired) electrons. The van der Waals surface area contributed by atoms with Crippen molar-refractivity contribution in [2.24, 2.45) is 97.3 Å². The number of methoxy groups -OCH3 is 1. The van der Waals surface area contributed by atoms with Gasteiger partial charge in [-0.1, -0.05) is 79.4 Å². The number of carbonyl (C=O) groups excluding carboxylic acids is 15. The molecule has 14 amide bonds. The summed E-state index contributed by atoms with van der Waals surface area (Å²) in [6.07, 6.45) is -14.5. The number of esters is 1. The van der Waals surface area contributed by atoms with Gasteiger partial charge in [0.2, 0.25) is 76.8 Å². The molecule has 1 saturated heterocycles. The quantitative estimate of drug-likeness (QED) is 0.00962. The Hall–Kier alpha value is -11.0. The second kappa shape index (κ2) is 48.6. The Balaban J connectivity index is 2.43. The highest BCUT2D eigenvalue weighted by Crippen LogP contribution is 2.30. The van der Waals surface area contributed by atoms with Gasteiger partial charge in [-0.3, -0.25) is 77.1 Å². The van der Waals surface area contributed by atoms with Crippen molar-refractivity contribution < 1.29 is 107 Å². The number of carbonyl (C=O) groups is 15. The van der Waals surface area contributed by atoms with Gasteiger partial charge >= 0.3 is 5.97 Å². The largest absolute Gasteiger partial charge is 0.508 e. The number of phenolic OH excluding ortho intramolecular Hbond substituents is 1. The van der Waals surface area contributed by atoms with Crippen molar-refractivity contribution in [1.82, 2.24) is 52.3 Å². The maximum atomic E-state index is 15.4. The fraction of sp³-hybridized carbons (Fsp3) is 0.671. The van der Waals surface area contributed by atoms with Crippen molar-refractivity contribution >= 4 is 101 Å². The van der Waals surface area contributed by atoms with Crippen LogP contribution in [0.15, 0.2) is 34.3 Å². The second-order valence-corrected chi connectivity index (χ2v) is 31.0. The van der Waals surface area contributed by atoms with Crippen LogP contribution in [0.1, 0.15) is 164 Å². The van der Waals surface area contributed by atoms with Crippen LogP contribution in [0.3, 0.4) is 0 Å². The molecule has 21 atom stereocenters. The number of phenols is 1. The Morgan fingerprint density at radius 2 is 1.25 bits per heavy atom. The zero-order valence-electron chi connectivity index (χ0n) is 69.0. The molecule has 2 heterocycles. The Labute approximate surface area is 685 Å². The lowest BCUT2D eigenvalue weighted by molar-refractivity contribution is -0.164. The number of aliphatic hydroxyl groups excluding tert-OH is 4. The van der Waals surface area contributed by atoms with Crippen molar-refractivity contribution in [2.45, 2.75) is 250 Å². The fourth-order valence-electron chi connectivity index (χ4n) is 13.5. The van der Waals surface area contributed by atoms with E-state index in [0.29, 0.717) is 6.42 Å². The minimum atomic E-state index is -2.70. The highest BCUT2D eigenvalue weighted by molar-refractivity contribution is 5.99. The van der Waals surface area contributed by atoms with Gasteiger partial charge in [0.1, 0.15) is 78.3 Å². The maximum Gasteiger partial charge on any atom is 0.329 e.